The van der Waals surface area contributed by atoms with E-state index in [0.717, 1.165) is 57.9 Å². The number of nitrogens with zero attached hydrogens (tertiary/aromatic N) is 4. The zero-order valence-corrected chi connectivity index (χ0v) is 22.4. The van der Waals surface area contributed by atoms with Crippen molar-refractivity contribution >= 4 is 39.5 Å². The molecule has 6 rings (SSSR count). The van der Waals surface area contributed by atoms with Crippen LogP contribution in [0.15, 0.2) is 83.3 Å². The normalized spacial score (nSPS) is 17.7. The van der Waals surface area contributed by atoms with Gasteiger partial charge in [-0.25, -0.2) is 9.99 Å². The van der Waals surface area contributed by atoms with Crippen LogP contribution in [-0.4, -0.2) is 30.9 Å². The van der Waals surface area contributed by atoms with Gasteiger partial charge < -0.3 is 9.64 Å². The molecule has 1 saturated heterocycles. The highest BCUT2D eigenvalue weighted by Gasteiger charge is 2.32. The van der Waals surface area contributed by atoms with Crippen molar-refractivity contribution in [2.24, 2.45) is 5.10 Å². The lowest BCUT2D eigenvalue weighted by molar-refractivity contribution is 0.415. The van der Waals surface area contributed by atoms with E-state index in [1.165, 1.54) is 30.5 Å². The highest BCUT2D eigenvalue weighted by atomic mass is 35.5. The van der Waals surface area contributed by atoms with Gasteiger partial charge in [0.25, 0.3) is 0 Å². The molecule has 0 amide bonds. The number of benzene rings is 3. The number of hydrogen-bond acceptors (Lipinski definition) is 6. The van der Waals surface area contributed by atoms with Crippen LogP contribution in [0.4, 0.5) is 10.8 Å². The summed E-state index contributed by atoms with van der Waals surface area (Å²) in [4.78, 5) is 7.47. The summed E-state index contributed by atoms with van der Waals surface area (Å²) in [5, 5.41) is 10.9. The Morgan fingerprint density at radius 2 is 1.57 bits per heavy atom. The third-order valence-corrected chi connectivity index (χ3v) is 8.24. The predicted molar refractivity (Wildman–Crippen MR) is 154 cm³/mol. The molecule has 0 aliphatic carbocycles. The van der Waals surface area contributed by atoms with E-state index in [4.69, 9.17) is 26.4 Å². The number of methoxy groups -OCH3 is 1. The summed E-state index contributed by atoms with van der Waals surface area (Å²) in [7, 11) is 1.68. The Labute approximate surface area is 227 Å². The zero-order valence-electron chi connectivity index (χ0n) is 20.8. The Balaban J connectivity index is 1.30. The minimum atomic E-state index is 0.0592. The summed E-state index contributed by atoms with van der Waals surface area (Å²) in [6, 6.07) is 25.1. The predicted octanol–water partition coefficient (Wildman–Crippen LogP) is 7.82. The van der Waals surface area contributed by atoms with Crippen LogP contribution in [0.3, 0.4) is 0 Å². The lowest BCUT2D eigenvalue weighted by atomic mass is 9.98. The molecule has 2 aliphatic rings. The van der Waals surface area contributed by atoms with Crippen LogP contribution in [-0.2, 0) is 0 Å². The monoisotopic (exact) mass is 528 g/mol. The molecule has 4 aromatic rings. The largest absolute Gasteiger partial charge is 0.497 e. The summed E-state index contributed by atoms with van der Waals surface area (Å²) in [5.41, 5.74) is 6.71. The number of hydrogen-bond donors (Lipinski definition) is 0. The van der Waals surface area contributed by atoms with Crippen molar-refractivity contribution in [3.8, 4) is 17.0 Å². The molecule has 3 heterocycles. The Bertz CT molecular complexity index is 1380. The van der Waals surface area contributed by atoms with Gasteiger partial charge in [-0.3, -0.25) is 0 Å². The third-order valence-electron chi connectivity index (χ3n) is 7.16. The molecule has 2 aliphatic heterocycles. The average molecular weight is 529 g/mol. The second kappa shape index (κ2) is 10.6. The number of aromatic nitrogens is 1. The van der Waals surface area contributed by atoms with Crippen LogP contribution in [0, 0.1) is 0 Å². The highest BCUT2D eigenvalue weighted by Crippen LogP contribution is 2.40. The number of ether oxygens (including phenoxy) is 1. The summed E-state index contributed by atoms with van der Waals surface area (Å²) < 4.78 is 5.30. The second-order valence-corrected chi connectivity index (χ2v) is 10.8. The zero-order chi connectivity index (χ0) is 25.2. The number of piperidine rings is 1. The van der Waals surface area contributed by atoms with Crippen LogP contribution in [0.5, 0.6) is 5.75 Å². The first-order chi connectivity index (χ1) is 18.2. The van der Waals surface area contributed by atoms with E-state index in [2.05, 4.69) is 51.7 Å². The summed E-state index contributed by atoms with van der Waals surface area (Å²) in [5.74, 6) is 0.835. The van der Waals surface area contributed by atoms with Crippen LogP contribution < -0.4 is 14.6 Å². The third kappa shape index (κ3) is 5.09. The van der Waals surface area contributed by atoms with Gasteiger partial charge in [-0.2, -0.15) is 5.10 Å². The van der Waals surface area contributed by atoms with E-state index >= 15 is 0 Å². The Hall–Kier alpha value is -3.35. The van der Waals surface area contributed by atoms with E-state index in [-0.39, 0.29) is 6.04 Å². The van der Waals surface area contributed by atoms with Gasteiger partial charge in [-0.1, -0.05) is 35.9 Å². The van der Waals surface area contributed by atoms with Crippen molar-refractivity contribution < 1.29 is 4.74 Å². The maximum absolute atomic E-state index is 6.20. The molecule has 188 valence electrons. The quantitative estimate of drug-likeness (QED) is 0.256. The molecular weight excluding hydrogens is 500 g/mol. The summed E-state index contributed by atoms with van der Waals surface area (Å²) in [6.07, 6.45) is 4.70. The Morgan fingerprint density at radius 3 is 2.27 bits per heavy atom. The molecule has 0 spiro atoms. The Morgan fingerprint density at radius 1 is 0.865 bits per heavy atom. The van der Waals surface area contributed by atoms with Crippen molar-refractivity contribution in [3.63, 3.8) is 0 Å². The van der Waals surface area contributed by atoms with Crippen LogP contribution in [0.25, 0.3) is 11.3 Å². The van der Waals surface area contributed by atoms with E-state index in [1.54, 1.807) is 18.4 Å². The topological polar surface area (TPSA) is 41.0 Å². The van der Waals surface area contributed by atoms with Gasteiger partial charge in [0.1, 0.15) is 5.75 Å². The maximum Gasteiger partial charge on any atom is 0.207 e. The number of hydrazone groups is 1. The van der Waals surface area contributed by atoms with Crippen molar-refractivity contribution in [2.75, 3.05) is 30.1 Å². The van der Waals surface area contributed by atoms with Crippen molar-refractivity contribution in [1.82, 2.24) is 4.98 Å². The molecule has 5 nitrogen and oxygen atoms in total. The molecule has 3 aromatic carbocycles. The first-order valence-corrected chi connectivity index (χ1v) is 14.0. The van der Waals surface area contributed by atoms with Gasteiger partial charge in [-0.05, 0) is 78.9 Å². The molecule has 37 heavy (non-hydrogen) atoms. The summed E-state index contributed by atoms with van der Waals surface area (Å²) in [6.45, 7) is 2.29. The molecule has 1 fully saturated rings. The Kier molecular flexibility index (Phi) is 6.85. The van der Waals surface area contributed by atoms with Gasteiger partial charge >= 0.3 is 0 Å². The smallest absolute Gasteiger partial charge is 0.207 e. The minimum absolute atomic E-state index is 0.0592. The van der Waals surface area contributed by atoms with Gasteiger partial charge in [-0.15, -0.1) is 11.3 Å². The number of halogens is 1. The van der Waals surface area contributed by atoms with Gasteiger partial charge in [0.05, 0.1) is 24.6 Å². The fraction of sp³-hybridized carbons (Fsp3) is 0.267. The van der Waals surface area contributed by atoms with Gasteiger partial charge in [0.15, 0.2) is 0 Å². The molecule has 0 N–H and O–H groups in total. The van der Waals surface area contributed by atoms with E-state index < -0.39 is 0 Å². The fourth-order valence-corrected chi connectivity index (χ4v) is 6.05. The van der Waals surface area contributed by atoms with E-state index in [9.17, 15) is 0 Å². The van der Waals surface area contributed by atoms with E-state index in [1.807, 2.05) is 36.4 Å². The fourth-order valence-electron chi connectivity index (χ4n) is 5.09. The molecule has 0 saturated carbocycles. The first-order valence-electron chi connectivity index (χ1n) is 12.8. The standard InChI is InChI=1S/C30H29ClN4OS/c1-36-26-15-9-22(10-16-26)28-20-37-30(32-28)35-29(23-5-11-24(31)12-6-23)19-27(33-35)21-7-13-25(14-8-21)34-17-3-2-4-18-34/h5-16,20,29H,2-4,17-19H2,1H3. The average Bonchev–Trinajstić information content (AvgIpc) is 3.62. The highest BCUT2D eigenvalue weighted by molar-refractivity contribution is 7.14. The number of anilines is 2. The van der Waals surface area contributed by atoms with E-state index in [0.29, 0.717) is 0 Å². The number of rotatable bonds is 6. The molecule has 1 aromatic heterocycles. The first kappa shape index (κ1) is 24.0. The van der Waals surface area contributed by atoms with Crippen LogP contribution in [0.2, 0.25) is 5.02 Å². The maximum atomic E-state index is 6.20. The lowest BCUT2D eigenvalue weighted by Crippen LogP contribution is -2.29. The second-order valence-electron chi connectivity index (χ2n) is 9.50. The SMILES string of the molecule is COc1ccc(-c2csc(N3N=C(c4ccc(N5CCCCC5)cc4)CC3c3ccc(Cl)cc3)n2)cc1. The van der Waals surface area contributed by atoms with Crippen molar-refractivity contribution in [2.45, 2.75) is 31.7 Å². The molecule has 7 heteroatoms. The minimum Gasteiger partial charge on any atom is -0.497 e. The molecule has 0 radical (unpaired) electrons. The van der Waals surface area contributed by atoms with Gasteiger partial charge in [0.2, 0.25) is 5.13 Å². The van der Waals surface area contributed by atoms with Crippen LogP contribution >= 0.6 is 22.9 Å². The lowest BCUT2D eigenvalue weighted by Gasteiger charge is -2.28. The molecule has 1 unspecified atom stereocenters. The molecule has 1 atom stereocenters. The van der Waals surface area contributed by atoms with Crippen molar-refractivity contribution in [3.05, 3.63) is 94.3 Å². The molecule has 0 bridgehead atoms. The molecular formula is C30H29ClN4OS. The summed E-state index contributed by atoms with van der Waals surface area (Å²) >= 11 is 7.82. The van der Waals surface area contributed by atoms with Crippen molar-refractivity contribution in [1.29, 1.82) is 0 Å². The number of thiazole rings is 1. The van der Waals surface area contributed by atoms with Gasteiger partial charge in [0, 0.05) is 41.2 Å². The van der Waals surface area contributed by atoms with Crippen LogP contribution in [0.1, 0.15) is 42.9 Å².